The van der Waals surface area contributed by atoms with Crippen molar-refractivity contribution in [2.24, 2.45) is 0 Å². The smallest absolute Gasteiger partial charge is 0.416 e. The second-order valence-corrected chi connectivity index (χ2v) is 9.83. The number of carboxylic acid groups (broad SMARTS) is 1. The summed E-state index contributed by atoms with van der Waals surface area (Å²) in [6.07, 6.45) is -1.91. The molecular weight excluding hydrogens is 561 g/mol. The number of nitrogens with one attached hydrogen (secondary N) is 1. The minimum absolute atomic E-state index is 0.192. The molecule has 4 rings (SSSR count). The standard InChI is InChI=1S/C33H31F3N2O5/c1-3-26(20-30(39)23-7-5-4-6-8-23)37-29(32(40)41)19-22-9-15-27(16-10-22)42-18-17-28-21(2)43-31(38-28)24-11-13-25(14-12-24)33(34,35)36/h4-16,20,29,37H,3,17-19H2,1-2H3,(H,40,41)/b26-20-. The van der Waals surface area contributed by atoms with Gasteiger partial charge in [-0.3, -0.25) is 4.79 Å². The molecule has 0 saturated heterocycles. The van der Waals surface area contributed by atoms with Crippen LogP contribution < -0.4 is 10.1 Å². The summed E-state index contributed by atoms with van der Waals surface area (Å²) in [4.78, 5) is 28.9. The monoisotopic (exact) mass is 592 g/mol. The van der Waals surface area contributed by atoms with Crippen LogP contribution in [0.2, 0.25) is 0 Å². The van der Waals surface area contributed by atoms with E-state index in [-0.39, 0.29) is 24.7 Å². The van der Waals surface area contributed by atoms with E-state index in [2.05, 4.69) is 10.3 Å². The molecule has 1 heterocycles. The molecule has 0 fully saturated rings. The molecule has 0 spiro atoms. The number of carbonyl (C=O) groups excluding carboxylic acids is 1. The van der Waals surface area contributed by atoms with E-state index in [0.717, 1.165) is 17.7 Å². The van der Waals surface area contributed by atoms with Crippen LogP contribution in [0.15, 0.2) is 95.1 Å². The summed E-state index contributed by atoms with van der Waals surface area (Å²) in [5, 5.41) is 12.8. The predicted octanol–water partition coefficient (Wildman–Crippen LogP) is 7.05. The van der Waals surface area contributed by atoms with Gasteiger partial charge in [-0.2, -0.15) is 13.2 Å². The van der Waals surface area contributed by atoms with Crippen molar-refractivity contribution in [1.29, 1.82) is 0 Å². The number of aromatic nitrogens is 1. The van der Waals surface area contributed by atoms with E-state index in [1.807, 2.05) is 13.0 Å². The van der Waals surface area contributed by atoms with E-state index in [0.29, 0.717) is 46.9 Å². The fourth-order valence-corrected chi connectivity index (χ4v) is 4.32. The number of ether oxygens (including phenoxy) is 1. The van der Waals surface area contributed by atoms with Crippen LogP contribution in [-0.2, 0) is 23.8 Å². The molecule has 1 unspecified atom stereocenters. The zero-order valence-corrected chi connectivity index (χ0v) is 23.6. The van der Waals surface area contributed by atoms with Crippen LogP contribution in [-0.4, -0.2) is 34.5 Å². The Labute approximate surface area is 247 Å². The lowest BCUT2D eigenvalue weighted by Gasteiger charge is -2.18. The second-order valence-electron chi connectivity index (χ2n) is 9.83. The zero-order chi connectivity index (χ0) is 31.0. The lowest BCUT2D eigenvalue weighted by molar-refractivity contribution is -0.139. The lowest BCUT2D eigenvalue weighted by atomic mass is 10.0. The zero-order valence-electron chi connectivity index (χ0n) is 23.6. The molecule has 0 aliphatic carbocycles. The quantitative estimate of drug-likeness (QED) is 0.127. The molecular formula is C33H31F3N2O5. The molecule has 3 aromatic carbocycles. The lowest BCUT2D eigenvalue weighted by Crippen LogP contribution is -2.38. The summed E-state index contributed by atoms with van der Waals surface area (Å²) < 4.78 is 50.0. The maximum atomic E-state index is 12.8. The van der Waals surface area contributed by atoms with Gasteiger partial charge in [0, 0.05) is 35.7 Å². The molecule has 0 amide bonds. The van der Waals surface area contributed by atoms with Crippen molar-refractivity contribution in [3.8, 4) is 17.2 Å². The number of carboxylic acids is 1. The van der Waals surface area contributed by atoms with Gasteiger partial charge < -0.3 is 19.6 Å². The van der Waals surface area contributed by atoms with Crippen molar-refractivity contribution in [3.05, 3.63) is 119 Å². The third-order valence-corrected chi connectivity index (χ3v) is 6.72. The molecule has 0 aliphatic rings. The van der Waals surface area contributed by atoms with Crippen LogP contribution in [0.1, 0.15) is 46.3 Å². The Hall–Kier alpha value is -4.86. The largest absolute Gasteiger partial charge is 0.493 e. The average molecular weight is 593 g/mol. The molecule has 4 aromatic rings. The Morgan fingerprint density at radius 3 is 2.30 bits per heavy atom. The third kappa shape index (κ3) is 8.57. The Morgan fingerprint density at radius 1 is 1.02 bits per heavy atom. The summed E-state index contributed by atoms with van der Waals surface area (Å²) in [6.45, 7) is 3.85. The van der Waals surface area contributed by atoms with Gasteiger partial charge in [0.15, 0.2) is 5.78 Å². The third-order valence-electron chi connectivity index (χ3n) is 6.72. The molecule has 7 nitrogen and oxygen atoms in total. The van der Waals surface area contributed by atoms with Gasteiger partial charge in [-0.05, 0) is 55.3 Å². The number of aliphatic carboxylic acids is 1. The molecule has 10 heteroatoms. The van der Waals surface area contributed by atoms with Gasteiger partial charge in [-0.15, -0.1) is 0 Å². The molecule has 1 atom stereocenters. The van der Waals surface area contributed by atoms with E-state index in [1.165, 1.54) is 18.2 Å². The molecule has 224 valence electrons. The van der Waals surface area contributed by atoms with Crippen LogP contribution in [0, 0.1) is 6.92 Å². The molecule has 0 aliphatic heterocycles. The number of ketones is 1. The first-order chi connectivity index (χ1) is 20.5. The summed E-state index contributed by atoms with van der Waals surface area (Å²) in [5.74, 6) is 0.123. The van der Waals surface area contributed by atoms with Gasteiger partial charge in [0.1, 0.15) is 17.6 Å². The highest BCUT2D eigenvalue weighted by Crippen LogP contribution is 2.31. The van der Waals surface area contributed by atoms with Gasteiger partial charge in [0.05, 0.1) is 17.9 Å². The average Bonchev–Trinajstić information content (AvgIpc) is 3.37. The van der Waals surface area contributed by atoms with E-state index in [1.54, 1.807) is 55.5 Å². The highest BCUT2D eigenvalue weighted by molar-refractivity contribution is 6.04. The van der Waals surface area contributed by atoms with Crippen LogP contribution >= 0.6 is 0 Å². The molecule has 0 radical (unpaired) electrons. The van der Waals surface area contributed by atoms with E-state index in [9.17, 15) is 27.9 Å². The fourth-order valence-electron chi connectivity index (χ4n) is 4.32. The highest BCUT2D eigenvalue weighted by Gasteiger charge is 2.30. The number of benzene rings is 3. The van der Waals surface area contributed by atoms with E-state index >= 15 is 0 Å². The number of allylic oxidation sites excluding steroid dienone is 2. The van der Waals surface area contributed by atoms with Crippen LogP contribution in [0.4, 0.5) is 13.2 Å². The number of hydrogen-bond donors (Lipinski definition) is 2. The minimum Gasteiger partial charge on any atom is -0.493 e. The predicted molar refractivity (Wildman–Crippen MR) is 155 cm³/mol. The molecule has 1 aromatic heterocycles. The molecule has 43 heavy (non-hydrogen) atoms. The topological polar surface area (TPSA) is 102 Å². The second kappa shape index (κ2) is 13.9. The summed E-state index contributed by atoms with van der Waals surface area (Å²) in [6, 6.07) is 19.5. The number of alkyl halides is 3. The van der Waals surface area contributed by atoms with Gasteiger partial charge >= 0.3 is 12.1 Å². The summed E-state index contributed by atoms with van der Waals surface area (Å²) >= 11 is 0. The molecule has 0 saturated carbocycles. The van der Waals surface area contributed by atoms with Crippen molar-refractivity contribution in [2.75, 3.05) is 6.61 Å². The van der Waals surface area contributed by atoms with Crippen LogP contribution in [0.5, 0.6) is 5.75 Å². The number of nitrogens with zero attached hydrogens (tertiary/aromatic N) is 1. The van der Waals surface area contributed by atoms with Gasteiger partial charge in [0.25, 0.3) is 0 Å². The van der Waals surface area contributed by atoms with Crippen molar-refractivity contribution < 1.29 is 37.0 Å². The highest BCUT2D eigenvalue weighted by atomic mass is 19.4. The SMILES string of the molecule is CC/C(=C/C(=O)c1ccccc1)NC(Cc1ccc(OCCc2nc(-c3ccc(C(F)(F)F)cc3)oc2C)cc1)C(=O)O. The number of carbonyl (C=O) groups is 2. The van der Waals surface area contributed by atoms with Crippen molar-refractivity contribution in [2.45, 2.75) is 45.3 Å². The van der Waals surface area contributed by atoms with Crippen molar-refractivity contribution >= 4 is 11.8 Å². The van der Waals surface area contributed by atoms with Gasteiger partial charge in [-0.25, -0.2) is 9.78 Å². The van der Waals surface area contributed by atoms with Crippen molar-refractivity contribution in [3.63, 3.8) is 0 Å². The Bertz CT molecular complexity index is 1560. The summed E-state index contributed by atoms with van der Waals surface area (Å²) in [7, 11) is 0. The summed E-state index contributed by atoms with van der Waals surface area (Å²) in [5.41, 5.74) is 2.16. The van der Waals surface area contributed by atoms with Crippen LogP contribution in [0.25, 0.3) is 11.5 Å². The first kappa shape index (κ1) is 31.1. The van der Waals surface area contributed by atoms with E-state index < -0.39 is 23.8 Å². The Morgan fingerprint density at radius 2 is 1.70 bits per heavy atom. The Kier molecular flexibility index (Phi) is 10.0. The number of halogens is 3. The number of oxazole rings is 1. The van der Waals surface area contributed by atoms with Crippen molar-refractivity contribution in [1.82, 2.24) is 10.3 Å². The molecule has 2 N–H and O–H groups in total. The number of aryl methyl sites for hydroxylation is 1. The molecule has 0 bridgehead atoms. The van der Waals surface area contributed by atoms with Gasteiger partial charge in [0.2, 0.25) is 5.89 Å². The Balaban J connectivity index is 1.32. The first-order valence-corrected chi connectivity index (χ1v) is 13.7. The minimum atomic E-state index is -4.42. The first-order valence-electron chi connectivity index (χ1n) is 13.7. The van der Waals surface area contributed by atoms with E-state index in [4.69, 9.17) is 9.15 Å². The normalized spacial score (nSPS) is 12.5. The van der Waals surface area contributed by atoms with Crippen LogP contribution in [0.3, 0.4) is 0 Å². The maximum absolute atomic E-state index is 12.8. The number of rotatable bonds is 13. The fraction of sp³-hybridized carbons (Fsp3) is 0.242. The number of hydrogen-bond acceptors (Lipinski definition) is 6. The maximum Gasteiger partial charge on any atom is 0.416 e. The van der Waals surface area contributed by atoms with Gasteiger partial charge in [-0.1, -0.05) is 49.4 Å².